The van der Waals surface area contributed by atoms with Crippen LogP contribution < -0.4 is 61.6 Å². The molecule has 0 saturated heterocycles. The van der Waals surface area contributed by atoms with Gasteiger partial charge in [-0.3, -0.25) is 0 Å². The van der Waals surface area contributed by atoms with Crippen molar-refractivity contribution in [3.05, 3.63) is 36.9 Å². The second-order valence-electron chi connectivity index (χ2n) is 3.07. The quantitative estimate of drug-likeness (QED) is 0.398. The van der Waals surface area contributed by atoms with Crippen molar-refractivity contribution < 1.29 is 69.1 Å². The van der Waals surface area contributed by atoms with Gasteiger partial charge in [0.15, 0.2) is 0 Å². The van der Waals surface area contributed by atoms with Crippen molar-refractivity contribution in [2.75, 3.05) is 6.61 Å². The Bertz CT molecular complexity index is 341. The maximum Gasteiger partial charge on any atom is 1.00 e. The molecule has 0 radical (unpaired) electrons. The molecule has 0 aliphatic heterocycles. The van der Waals surface area contributed by atoms with Gasteiger partial charge in [-0.25, -0.2) is 0 Å². The van der Waals surface area contributed by atoms with Crippen molar-refractivity contribution in [1.82, 2.24) is 0 Å². The number of halogens is 3. The monoisotopic (exact) mass is 254 g/mol. The molecule has 0 saturated carbocycles. The molecule has 1 rings (SSSR count). The van der Waals surface area contributed by atoms with Gasteiger partial charge in [0, 0.05) is 0 Å². The fourth-order valence-corrected chi connectivity index (χ4v) is 1.07. The SMILES string of the molecule is C=CCCOc1cccc([B-](F)(F)F)c1.[K+]. The zero-order valence-electron chi connectivity index (χ0n) is 9.13. The van der Waals surface area contributed by atoms with E-state index in [9.17, 15) is 12.9 Å². The van der Waals surface area contributed by atoms with Gasteiger partial charge >= 0.3 is 58.4 Å². The van der Waals surface area contributed by atoms with Crippen LogP contribution >= 0.6 is 0 Å². The van der Waals surface area contributed by atoms with Crippen molar-refractivity contribution in [1.29, 1.82) is 0 Å². The van der Waals surface area contributed by atoms with Gasteiger partial charge in [0.2, 0.25) is 0 Å². The predicted octanol–water partition coefficient (Wildman–Crippen LogP) is -0.300. The normalized spacial score (nSPS) is 10.4. The smallest absolute Gasteiger partial charge is 0.493 e. The summed E-state index contributed by atoms with van der Waals surface area (Å²) < 4.78 is 42.2. The summed E-state index contributed by atoms with van der Waals surface area (Å²) in [6.45, 7) is -1.11. The van der Waals surface area contributed by atoms with Crippen LogP contribution in [-0.2, 0) is 0 Å². The Labute approximate surface area is 136 Å². The van der Waals surface area contributed by atoms with Crippen molar-refractivity contribution in [3.8, 4) is 5.75 Å². The molecule has 0 amide bonds. The van der Waals surface area contributed by atoms with Crippen LogP contribution in [0.4, 0.5) is 12.9 Å². The average Bonchev–Trinajstić information content (AvgIpc) is 2.17. The van der Waals surface area contributed by atoms with Gasteiger partial charge in [-0.1, -0.05) is 18.2 Å². The van der Waals surface area contributed by atoms with Crippen molar-refractivity contribution in [2.24, 2.45) is 0 Å². The van der Waals surface area contributed by atoms with Crippen LogP contribution in [0.25, 0.3) is 0 Å². The Balaban J connectivity index is 0.00000225. The number of ether oxygens (including phenoxy) is 1. The largest absolute Gasteiger partial charge is 1.00 e. The van der Waals surface area contributed by atoms with Crippen LogP contribution in [0.3, 0.4) is 0 Å². The molecule has 0 atom stereocenters. The molecule has 0 heterocycles. The molecular weight excluding hydrogens is 243 g/mol. The minimum absolute atomic E-state index is 0. The fraction of sp³-hybridized carbons (Fsp3) is 0.200. The summed E-state index contributed by atoms with van der Waals surface area (Å²) in [7, 11) is 0. The summed E-state index contributed by atoms with van der Waals surface area (Å²) in [5.41, 5.74) is -0.633. The minimum Gasteiger partial charge on any atom is -0.493 e. The first-order valence-corrected chi connectivity index (χ1v) is 4.57. The van der Waals surface area contributed by atoms with E-state index in [1.807, 2.05) is 0 Å². The molecule has 0 bridgehead atoms. The van der Waals surface area contributed by atoms with Crippen molar-refractivity contribution in [2.45, 2.75) is 6.42 Å². The molecule has 0 aromatic heterocycles. The topological polar surface area (TPSA) is 9.23 Å². The molecule has 1 aromatic rings. The van der Waals surface area contributed by atoms with Gasteiger partial charge in [-0.15, -0.1) is 12.0 Å². The molecule has 0 unspecified atom stereocenters. The molecule has 0 aliphatic rings. The van der Waals surface area contributed by atoms with E-state index < -0.39 is 12.4 Å². The number of hydrogen-bond donors (Lipinski definition) is 0. The average molecular weight is 254 g/mol. The third-order valence-corrected chi connectivity index (χ3v) is 1.83. The van der Waals surface area contributed by atoms with Crippen LogP contribution in [0.15, 0.2) is 36.9 Å². The van der Waals surface area contributed by atoms with Crippen LogP contribution in [0, 0.1) is 0 Å². The zero-order valence-corrected chi connectivity index (χ0v) is 12.3. The van der Waals surface area contributed by atoms with Crippen LogP contribution in [0.2, 0.25) is 0 Å². The summed E-state index contributed by atoms with van der Waals surface area (Å²) in [6, 6.07) is 4.91. The number of hydrogen-bond acceptors (Lipinski definition) is 1. The summed E-state index contributed by atoms with van der Waals surface area (Å²) in [5, 5.41) is 0. The summed E-state index contributed by atoms with van der Waals surface area (Å²) in [5.74, 6) is 0.244. The molecule has 1 aromatic carbocycles. The summed E-state index contributed by atoms with van der Waals surface area (Å²) >= 11 is 0. The van der Waals surface area contributed by atoms with E-state index in [2.05, 4.69) is 6.58 Å². The zero-order chi connectivity index (χ0) is 11.3. The van der Waals surface area contributed by atoms with Gasteiger partial charge in [0.05, 0.1) is 6.61 Å². The molecule has 0 N–H and O–H groups in total. The van der Waals surface area contributed by atoms with Gasteiger partial charge in [0.25, 0.3) is 0 Å². The van der Waals surface area contributed by atoms with E-state index in [1.54, 1.807) is 6.08 Å². The molecular formula is C10H11BF3KO. The number of rotatable bonds is 5. The first kappa shape index (κ1) is 16.3. The van der Waals surface area contributed by atoms with E-state index in [1.165, 1.54) is 12.1 Å². The first-order chi connectivity index (χ1) is 7.04. The Morgan fingerprint density at radius 1 is 1.31 bits per heavy atom. The third kappa shape index (κ3) is 5.54. The van der Waals surface area contributed by atoms with E-state index in [0.29, 0.717) is 13.0 Å². The third-order valence-electron chi connectivity index (χ3n) is 1.83. The Kier molecular flexibility index (Phi) is 7.67. The Morgan fingerprint density at radius 2 is 2.00 bits per heavy atom. The standard InChI is InChI=1S/C10H11BF3O.K/c1-2-3-7-15-10-6-4-5-9(8-10)11(12,13)14;/h2,4-6,8H,1,3,7H2;/q-1;+1. The number of benzene rings is 1. The van der Waals surface area contributed by atoms with Crippen LogP contribution in [0.5, 0.6) is 5.75 Å². The molecule has 6 heteroatoms. The molecule has 1 nitrogen and oxygen atoms in total. The van der Waals surface area contributed by atoms with Crippen molar-refractivity contribution >= 4 is 12.4 Å². The van der Waals surface area contributed by atoms with Crippen LogP contribution in [0.1, 0.15) is 6.42 Å². The molecule has 0 fully saturated rings. The summed E-state index contributed by atoms with van der Waals surface area (Å²) in [6.07, 6.45) is 2.26. The summed E-state index contributed by atoms with van der Waals surface area (Å²) in [4.78, 5) is 0. The van der Waals surface area contributed by atoms with Gasteiger partial charge < -0.3 is 17.7 Å². The van der Waals surface area contributed by atoms with Crippen molar-refractivity contribution in [3.63, 3.8) is 0 Å². The minimum atomic E-state index is -4.95. The maximum atomic E-state index is 12.3. The van der Waals surface area contributed by atoms with Gasteiger partial charge in [-0.2, -0.15) is 0 Å². The predicted molar refractivity (Wildman–Crippen MR) is 55.5 cm³/mol. The van der Waals surface area contributed by atoms with Gasteiger partial charge in [0.1, 0.15) is 5.75 Å². The fourth-order valence-electron chi connectivity index (χ4n) is 1.07. The first-order valence-electron chi connectivity index (χ1n) is 4.57. The van der Waals surface area contributed by atoms with E-state index >= 15 is 0 Å². The van der Waals surface area contributed by atoms with Crippen LogP contribution in [-0.4, -0.2) is 13.6 Å². The molecule has 0 aliphatic carbocycles. The second kappa shape index (κ2) is 7.55. The Morgan fingerprint density at radius 3 is 2.56 bits per heavy atom. The van der Waals surface area contributed by atoms with E-state index in [0.717, 1.165) is 12.1 Å². The van der Waals surface area contributed by atoms with Gasteiger partial charge in [-0.05, 0) is 18.6 Å². The maximum absolute atomic E-state index is 12.3. The molecule has 0 spiro atoms. The second-order valence-corrected chi connectivity index (χ2v) is 3.07. The Hall–Kier alpha value is 0.251. The van der Waals surface area contributed by atoms with E-state index in [4.69, 9.17) is 4.74 Å². The van der Waals surface area contributed by atoms with E-state index in [-0.39, 0.29) is 57.1 Å². The molecule has 82 valence electrons. The molecule has 16 heavy (non-hydrogen) atoms.